The lowest BCUT2D eigenvalue weighted by Gasteiger charge is -1.91. The molecule has 5 nitrogen and oxygen atoms in total. The minimum Gasteiger partial charge on any atom is -0.399 e. The van der Waals surface area contributed by atoms with E-state index in [1.807, 2.05) is 0 Å². The van der Waals surface area contributed by atoms with Gasteiger partial charge in [0.1, 0.15) is 0 Å². The van der Waals surface area contributed by atoms with Crippen LogP contribution in [0.4, 0.5) is 5.69 Å². The Kier molecular flexibility index (Phi) is 2.32. The smallest absolute Gasteiger partial charge is 0.157 e. The maximum absolute atomic E-state index is 5.63. The normalized spacial score (nSPS) is 10.9. The second-order valence-electron chi connectivity index (χ2n) is 3.03. The van der Waals surface area contributed by atoms with Crippen molar-refractivity contribution in [2.45, 2.75) is 6.42 Å². The predicted octanol–water partition coefficient (Wildman–Crippen LogP) is 0.500. The van der Waals surface area contributed by atoms with Crippen molar-refractivity contribution in [3.8, 4) is 0 Å². The van der Waals surface area contributed by atoms with Crippen molar-refractivity contribution in [2.75, 3.05) is 19.5 Å². The number of methoxy groups -OCH3 is 1. The second-order valence-corrected chi connectivity index (χ2v) is 3.03. The van der Waals surface area contributed by atoms with E-state index in [0.29, 0.717) is 12.3 Å². The number of nitrogens with two attached hydrogens (primary N) is 1. The van der Waals surface area contributed by atoms with E-state index in [1.54, 1.807) is 30.0 Å². The van der Waals surface area contributed by atoms with Crippen LogP contribution < -0.4 is 5.73 Å². The summed E-state index contributed by atoms with van der Waals surface area (Å²) in [5.41, 5.74) is 7.10. The van der Waals surface area contributed by atoms with Crippen LogP contribution in [0.5, 0.6) is 0 Å². The molecule has 0 aliphatic heterocycles. The predicted molar refractivity (Wildman–Crippen MR) is 53.0 cm³/mol. The van der Waals surface area contributed by atoms with Gasteiger partial charge >= 0.3 is 0 Å². The maximum Gasteiger partial charge on any atom is 0.157 e. The molecule has 0 amide bonds. The fraction of sp³-hybridized carbons (Fsp3) is 0.333. The van der Waals surface area contributed by atoms with Crippen LogP contribution in [0.1, 0.15) is 5.82 Å². The average Bonchev–Trinajstić information content (AvgIpc) is 2.56. The molecule has 0 saturated heterocycles. The van der Waals surface area contributed by atoms with Gasteiger partial charge in [-0.15, -0.1) is 0 Å². The van der Waals surface area contributed by atoms with Crippen molar-refractivity contribution < 1.29 is 4.74 Å². The summed E-state index contributed by atoms with van der Waals surface area (Å²) in [6.45, 7) is 0.631. The van der Waals surface area contributed by atoms with E-state index in [-0.39, 0.29) is 0 Å². The van der Waals surface area contributed by atoms with Crippen LogP contribution in [0.3, 0.4) is 0 Å². The maximum atomic E-state index is 5.63. The van der Waals surface area contributed by atoms with Gasteiger partial charge in [-0.3, -0.25) is 0 Å². The zero-order valence-electron chi connectivity index (χ0n) is 7.97. The number of pyridine rings is 1. The zero-order valence-corrected chi connectivity index (χ0v) is 7.97. The van der Waals surface area contributed by atoms with Crippen molar-refractivity contribution in [1.82, 2.24) is 14.6 Å². The van der Waals surface area contributed by atoms with Crippen LogP contribution in [-0.2, 0) is 11.2 Å². The van der Waals surface area contributed by atoms with Crippen molar-refractivity contribution in [1.29, 1.82) is 0 Å². The Labute approximate surface area is 81.5 Å². The first-order valence-electron chi connectivity index (χ1n) is 4.39. The van der Waals surface area contributed by atoms with E-state index < -0.39 is 0 Å². The SMILES string of the molecule is COCCc1nc2cc(N)ccn2n1. The molecular weight excluding hydrogens is 180 g/mol. The summed E-state index contributed by atoms with van der Waals surface area (Å²) < 4.78 is 6.66. The van der Waals surface area contributed by atoms with Crippen LogP contribution in [0.25, 0.3) is 5.65 Å². The summed E-state index contributed by atoms with van der Waals surface area (Å²) in [4.78, 5) is 4.30. The molecule has 0 fully saturated rings. The van der Waals surface area contributed by atoms with Gasteiger partial charge in [-0.25, -0.2) is 9.50 Å². The molecule has 5 heteroatoms. The number of ether oxygens (including phenoxy) is 1. The number of fused-ring (bicyclic) bond motifs is 1. The molecule has 2 aromatic heterocycles. The number of anilines is 1. The lowest BCUT2D eigenvalue weighted by atomic mass is 10.4. The summed E-state index contributed by atoms with van der Waals surface area (Å²) in [6.07, 6.45) is 2.52. The van der Waals surface area contributed by atoms with Crippen molar-refractivity contribution in [2.24, 2.45) is 0 Å². The van der Waals surface area contributed by atoms with E-state index in [2.05, 4.69) is 10.1 Å². The Morgan fingerprint density at radius 2 is 2.43 bits per heavy atom. The standard InChI is InChI=1S/C9H12N4O/c1-14-5-3-8-11-9-6-7(10)2-4-13(9)12-8/h2,4,6H,3,5,10H2,1H3. The highest BCUT2D eigenvalue weighted by molar-refractivity contribution is 5.50. The van der Waals surface area contributed by atoms with Crippen LogP contribution in [0.2, 0.25) is 0 Å². The molecule has 74 valence electrons. The third-order valence-corrected chi connectivity index (χ3v) is 1.94. The van der Waals surface area contributed by atoms with Crippen molar-refractivity contribution >= 4 is 11.3 Å². The molecule has 0 saturated carbocycles. The summed E-state index contributed by atoms with van der Waals surface area (Å²) in [7, 11) is 1.66. The van der Waals surface area contributed by atoms with Gasteiger partial charge in [-0.2, -0.15) is 5.10 Å². The number of hydrogen-bond donors (Lipinski definition) is 1. The molecule has 2 rings (SSSR count). The highest BCUT2D eigenvalue weighted by Gasteiger charge is 2.02. The summed E-state index contributed by atoms with van der Waals surface area (Å²) in [6, 6.07) is 3.59. The Morgan fingerprint density at radius 1 is 1.57 bits per heavy atom. The summed E-state index contributed by atoms with van der Waals surface area (Å²) >= 11 is 0. The van der Waals surface area contributed by atoms with Crippen molar-refractivity contribution in [3.05, 3.63) is 24.2 Å². The van der Waals surface area contributed by atoms with Gasteiger partial charge in [-0.1, -0.05) is 0 Å². The Hall–Kier alpha value is -1.62. The first-order chi connectivity index (χ1) is 6.79. The van der Waals surface area contributed by atoms with E-state index in [4.69, 9.17) is 10.5 Å². The number of aromatic nitrogens is 3. The van der Waals surface area contributed by atoms with Crippen LogP contribution in [0.15, 0.2) is 18.3 Å². The molecule has 0 aromatic carbocycles. The van der Waals surface area contributed by atoms with Gasteiger partial charge in [-0.05, 0) is 6.07 Å². The quantitative estimate of drug-likeness (QED) is 0.769. The summed E-state index contributed by atoms with van der Waals surface area (Å²) in [5, 5.41) is 4.26. The average molecular weight is 192 g/mol. The number of hydrogen-bond acceptors (Lipinski definition) is 4. The third-order valence-electron chi connectivity index (χ3n) is 1.94. The Bertz CT molecular complexity index is 437. The van der Waals surface area contributed by atoms with Crippen LogP contribution in [-0.4, -0.2) is 28.3 Å². The lowest BCUT2D eigenvalue weighted by Crippen LogP contribution is -1.96. The third kappa shape index (κ3) is 1.67. The molecule has 14 heavy (non-hydrogen) atoms. The van der Waals surface area contributed by atoms with Gasteiger partial charge in [0.05, 0.1) is 6.61 Å². The molecule has 2 heterocycles. The van der Waals surface area contributed by atoms with Crippen LogP contribution in [0, 0.1) is 0 Å². The van der Waals surface area contributed by atoms with E-state index in [9.17, 15) is 0 Å². The summed E-state index contributed by atoms with van der Waals surface area (Å²) in [5.74, 6) is 0.775. The number of rotatable bonds is 3. The van der Waals surface area contributed by atoms with Gasteiger partial charge < -0.3 is 10.5 Å². The van der Waals surface area contributed by atoms with E-state index >= 15 is 0 Å². The number of nitrogens with zero attached hydrogens (tertiary/aromatic N) is 3. The molecule has 2 N–H and O–H groups in total. The second kappa shape index (κ2) is 3.63. The first-order valence-corrected chi connectivity index (χ1v) is 4.39. The minimum absolute atomic E-state index is 0.631. The molecule has 0 unspecified atom stereocenters. The van der Waals surface area contributed by atoms with Crippen molar-refractivity contribution in [3.63, 3.8) is 0 Å². The highest BCUT2D eigenvalue weighted by Crippen LogP contribution is 2.06. The van der Waals surface area contributed by atoms with Gasteiger partial charge in [0.15, 0.2) is 11.5 Å². The Morgan fingerprint density at radius 3 is 3.21 bits per heavy atom. The first kappa shape index (κ1) is 8.96. The van der Waals surface area contributed by atoms with Gasteiger partial charge in [0, 0.05) is 31.5 Å². The molecule has 0 radical (unpaired) electrons. The van der Waals surface area contributed by atoms with Gasteiger partial charge in [0.25, 0.3) is 0 Å². The monoisotopic (exact) mass is 192 g/mol. The number of nitrogen functional groups attached to an aromatic ring is 1. The Balaban J connectivity index is 2.32. The minimum atomic E-state index is 0.631. The zero-order chi connectivity index (χ0) is 9.97. The molecule has 0 aliphatic rings. The van der Waals surface area contributed by atoms with E-state index in [1.165, 1.54) is 0 Å². The fourth-order valence-electron chi connectivity index (χ4n) is 1.24. The fourth-order valence-corrected chi connectivity index (χ4v) is 1.24. The largest absolute Gasteiger partial charge is 0.399 e. The van der Waals surface area contributed by atoms with Gasteiger partial charge in [0.2, 0.25) is 0 Å². The lowest BCUT2D eigenvalue weighted by molar-refractivity contribution is 0.200. The molecule has 0 bridgehead atoms. The van der Waals surface area contributed by atoms with E-state index in [0.717, 1.165) is 17.9 Å². The molecular formula is C9H12N4O. The topological polar surface area (TPSA) is 65.4 Å². The molecule has 0 aliphatic carbocycles. The molecule has 0 spiro atoms. The molecule has 0 atom stereocenters. The highest BCUT2D eigenvalue weighted by atomic mass is 16.5. The van der Waals surface area contributed by atoms with Crippen LogP contribution >= 0.6 is 0 Å². The molecule has 2 aromatic rings.